The molecule has 1 aliphatic heterocycles. The molecule has 0 bridgehead atoms. The second-order valence-corrected chi connectivity index (χ2v) is 8.14. The zero-order chi connectivity index (χ0) is 16.3. The number of aliphatic hydroxyl groups excluding tert-OH is 1. The first-order valence-electron chi connectivity index (χ1n) is 8.74. The Hall–Kier alpha value is -0.650. The first-order valence-corrected chi connectivity index (χ1v) is 8.74. The van der Waals surface area contributed by atoms with E-state index in [-0.39, 0.29) is 24.0 Å². The van der Waals surface area contributed by atoms with Gasteiger partial charge in [-0.05, 0) is 45.4 Å². The number of hydrogen-bond donors (Lipinski definition) is 3. The minimum atomic E-state index is -0.551. The van der Waals surface area contributed by atoms with Crippen LogP contribution >= 0.6 is 0 Å². The van der Waals surface area contributed by atoms with Crippen molar-refractivity contribution in [2.24, 2.45) is 17.6 Å². The highest BCUT2D eigenvalue weighted by Gasteiger charge is 2.40. The second-order valence-electron chi connectivity index (χ2n) is 8.14. The van der Waals surface area contributed by atoms with Crippen molar-refractivity contribution < 1.29 is 9.90 Å². The molecule has 5 heteroatoms. The molecule has 2 fully saturated rings. The lowest BCUT2D eigenvalue weighted by atomic mass is 9.72. The summed E-state index contributed by atoms with van der Waals surface area (Å²) in [6, 6.07) is -0.125. The topological polar surface area (TPSA) is 78.6 Å². The summed E-state index contributed by atoms with van der Waals surface area (Å²) >= 11 is 0. The van der Waals surface area contributed by atoms with Crippen molar-refractivity contribution in [3.8, 4) is 0 Å². The predicted octanol–water partition coefficient (Wildman–Crippen LogP) is 1.10. The normalized spacial score (nSPS) is 31.4. The molecule has 0 aromatic heterocycles. The van der Waals surface area contributed by atoms with E-state index in [1.807, 2.05) is 20.8 Å². The fraction of sp³-hybridized carbons (Fsp3) is 0.941. The molecule has 0 spiro atoms. The Balaban J connectivity index is 2.08. The van der Waals surface area contributed by atoms with E-state index in [0.29, 0.717) is 18.4 Å². The average Bonchev–Trinajstić information content (AvgIpc) is 2.44. The Morgan fingerprint density at radius 3 is 2.55 bits per heavy atom. The number of hydrogen-bond acceptors (Lipinski definition) is 4. The zero-order valence-electron chi connectivity index (χ0n) is 14.3. The highest BCUT2D eigenvalue weighted by atomic mass is 16.3. The van der Waals surface area contributed by atoms with E-state index in [2.05, 4.69) is 10.2 Å². The van der Waals surface area contributed by atoms with Gasteiger partial charge in [-0.1, -0.05) is 19.3 Å². The fourth-order valence-corrected chi connectivity index (χ4v) is 3.97. The Morgan fingerprint density at radius 1 is 1.32 bits per heavy atom. The number of piperidine rings is 1. The average molecular weight is 311 g/mol. The molecule has 1 heterocycles. The Labute approximate surface area is 134 Å². The molecule has 1 saturated heterocycles. The van der Waals surface area contributed by atoms with Crippen LogP contribution in [-0.2, 0) is 4.79 Å². The van der Waals surface area contributed by atoms with Gasteiger partial charge in [0.25, 0.3) is 0 Å². The van der Waals surface area contributed by atoms with Gasteiger partial charge >= 0.3 is 0 Å². The van der Waals surface area contributed by atoms with E-state index in [4.69, 9.17) is 5.73 Å². The van der Waals surface area contributed by atoms with E-state index in [1.54, 1.807) is 0 Å². The number of nitrogens with two attached hydrogens (primary N) is 1. The smallest absolute Gasteiger partial charge is 0.237 e. The van der Waals surface area contributed by atoms with Crippen molar-refractivity contribution in [3.05, 3.63) is 0 Å². The van der Waals surface area contributed by atoms with Crippen LogP contribution in [0.4, 0.5) is 0 Å². The van der Waals surface area contributed by atoms with E-state index in [1.165, 1.54) is 25.7 Å². The van der Waals surface area contributed by atoms with Gasteiger partial charge in [-0.15, -0.1) is 0 Å². The van der Waals surface area contributed by atoms with Crippen LogP contribution in [0.3, 0.4) is 0 Å². The highest BCUT2D eigenvalue weighted by molar-refractivity contribution is 5.82. The van der Waals surface area contributed by atoms with Crippen molar-refractivity contribution in [1.82, 2.24) is 10.2 Å². The van der Waals surface area contributed by atoms with Gasteiger partial charge in [-0.3, -0.25) is 9.69 Å². The van der Waals surface area contributed by atoms with Crippen LogP contribution in [0.2, 0.25) is 0 Å². The Kier molecular flexibility index (Phi) is 5.86. The third kappa shape index (κ3) is 4.67. The number of aliphatic hydroxyl groups is 1. The number of carbonyl (C=O) groups is 1. The first-order chi connectivity index (χ1) is 10.3. The van der Waals surface area contributed by atoms with Crippen molar-refractivity contribution in [2.45, 2.75) is 70.6 Å². The van der Waals surface area contributed by atoms with Crippen molar-refractivity contribution in [1.29, 1.82) is 0 Å². The lowest BCUT2D eigenvalue weighted by molar-refractivity contribution is -0.132. The molecule has 2 rings (SSSR count). The maximum absolute atomic E-state index is 12.7. The summed E-state index contributed by atoms with van der Waals surface area (Å²) in [5.41, 5.74) is 5.34. The van der Waals surface area contributed by atoms with Crippen LogP contribution in [0, 0.1) is 11.8 Å². The van der Waals surface area contributed by atoms with Gasteiger partial charge in [-0.2, -0.15) is 0 Å². The number of β-amino-alcohol motifs (C(OH)–C–C–N with tert-alkyl or cyclic N) is 1. The molecule has 0 aromatic carbocycles. The lowest BCUT2D eigenvalue weighted by Crippen LogP contribution is -2.59. The molecule has 1 amide bonds. The van der Waals surface area contributed by atoms with Crippen molar-refractivity contribution in [3.63, 3.8) is 0 Å². The van der Waals surface area contributed by atoms with Crippen LogP contribution in [0.5, 0.6) is 0 Å². The van der Waals surface area contributed by atoms with Crippen LogP contribution in [0.15, 0.2) is 0 Å². The second kappa shape index (κ2) is 7.28. The van der Waals surface area contributed by atoms with Crippen LogP contribution in [0.25, 0.3) is 0 Å². The van der Waals surface area contributed by atoms with Gasteiger partial charge in [0, 0.05) is 25.2 Å². The zero-order valence-corrected chi connectivity index (χ0v) is 14.3. The van der Waals surface area contributed by atoms with Gasteiger partial charge in [0.1, 0.15) is 0 Å². The summed E-state index contributed by atoms with van der Waals surface area (Å²) in [6.45, 7) is 7.70. The number of likely N-dealkylation sites (tertiary alicyclic amines) is 1. The predicted molar refractivity (Wildman–Crippen MR) is 88.4 cm³/mol. The number of amides is 1. The van der Waals surface area contributed by atoms with Gasteiger partial charge in [0.15, 0.2) is 0 Å². The summed E-state index contributed by atoms with van der Waals surface area (Å²) in [5, 5.41) is 13.1. The summed E-state index contributed by atoms with van der Waals surface area (Å²) in [5.74, 6) is 1.44. The third-order valence-corrected chi connectivity index (χ3v) is 5.02. The third-order valence-electron chi connectivity index (χ3n) is 5.02. The van der Waals surface area contributed by atoms with Gasteiger partial charge in [0.05, 0.1) is 12.1 Å². The molecule has 0 unspecified atom stereocenters. The van der Waals surface area contributed by atoms with Crippen LogP contribution < -0.4 is 11.1 Å². The maximum Gasteiger partial charge on any atom is 0.237 e. The summed E-state index contributed by atoms with van der Waals surface area (Å²) in [7, 11) is 0. The van der Waals surface area contributed by atoms with Gasteiger partial charge < -0.3 is 16.2 Å². The van der Waals surface area contributed by atoms with Gasteiger partial charge in [0.2, 0.25) is 5.91 Å². The number of nitrogens with one attached hydrogen (secondary N) is 1. The molecule has 0 aromatic rings. The summed E-state index contributed by atoms with van der Waals surface area (Å²) < 4.78 is 0. The Morgan fingerprint density at radius 2 is 1.95 bits per heavy atom. The molecule has 128 valence electrons. The highest BCUT2D eigenvalue weighted by Crippen LogP contribution is 2.38. The largest absolute Gasteiger partial charge is 0.390 e. The van der Waals surface area contributed by atoms with E-state index < -0.39 is 6.10 Å². The standard InChI is InChI=1S/C17H33N3O2/c1-17(2,3)19-16(22)15-8-12-6-4-5-7-13(12)10-20(15)11-14(21)9-18/h12-15,21H,4-11,18H2,1-3H3,(H,19,22)/t12-,13+,14+,15-/m0/s1. The molecule has 1 saturated carbocycles. The number of carbonyl (C=O) groups excluding carboxylic acids is 1. The van der Waals surface area contributed by atoms with E-state index in [0.717, 1.165) is 13.0 Å². The fourth-order valence-electron chi connectivity index (χ4n) is 3.97. The maximum atomic E-state index is 12.7. The molecule has 0 radical (unpaired) electrons. The van der Waals surface area contributed by atoms with Gasteiger partial charge in [-0.25, -0.2) is 0 Å². The van der Waals surface area contributed by atoms with Crippen LogP contribution in [0.1, 0.15) is 52.9 Å². The van der Waals surface area contributed by atoms with E-state index >= 15 is 0 Å². The molecular weight excluding hydrogens is 278 g/mol. The molecule has 2 aliphatic rings. The van der Waals surface area contributed by atoms with Crippen molar-refractivity contribution in [2.75, 3.05) is 19.6 Å². The Bertz CT molecular complexity index is 381. The number of fused-ring (bicyclic) bond motifs is 1. The van der Waals surface area contributed by atoms with Crippen molar-refractivity contribution >= 4 is 5.91 Å². The molecule has 4 N–H and O–H groups in total. The minimum absolute atomic E-state index is 0.0979. The number of rotatable bonds is 4. The summed E-state index contributed by atoms with van der Waals surface area (Å²) in [6.07, 6.45) is 5.47. The molecular formula is C17H33N3O2. The number of nitrogens with zero attached hydrogens (tertiary/aromatic N) is 1. The first kappa shape index (κ1) is 17.7. The molecule has 1 aliphatic carbocycles. The van der Waals surface area contributed by atoms with Crippen LogP contribution in [-0.4, -0.2) is 53.2 Å². The molecule has 4 atom stereocenters. The molecule has 5 nitrogen and oxygen atoms in total. The summed E-state index contributed by atoms with van der Waals surface area (Å²) in [4.78, 5) is 14.9. The van der Waals surface area contributed by atoms with E-state index in [9.17, 15) is 9.90 Å². The quantitative estimate of drug-likeness (QED) is 0.726. The monoisotopic (exact) mass is 311 g/mol. The SMILES string of the molecule is CC(C)(C)NC(=O)[C@@H]1C[C@@H]2CCCC[C@@H]2CN1C[C@H](O)CN. The minimum Gasteiger partial charge on any atom is -0.390 e. The molecule has 22 heavy (non-hydrogen) atoms. The lowest BCUT2D eigenvalue weighted by Gasteiger charge is -2.46.